The van der Waals surface area contributed by atoms with E-state index in [2.05, 4.69) is 31.2 Å². The van der Waals surface area contributed by atoms with Gasteiger partial charge in [-0.25, -0.2) is 0 Å². The predicted molar refractivity (Wildman–Crippen MR) is 68.6 cm³/mol. The third-order valence-corrected chi connectivity index (χ3v) is 2.69. The van der Waals surface area contributed by atoms with E-state index in [9.17, 15) is 4.79 Å². The number of carbonyl (C=O) groups is 1. The van der Waals surface area contributed by atoms with Crippen LogP contribution in [0.4, 0.5) is 0 Å². The zero-order valence-corrected chi connectivity index (χ0v) is 10.2. The Morgan fingerprint density at radius 3 is 2.50 bits per heavy atom. The lowest BCUT2D eigenvalue weighted by Gasteiger charge is -2.01. The molecule has 0 saturated carbocycles. The molecule has 0 bridgehead atoms. The van der Waals surface area contributed by atoms with Crippen LogP contribution in [0.3, 0.4) is 0 Å². The minimum atomic E-state index is 0.843. The monoisotopic (exact) mass is 216 g/mol. The zero-order chi connectivity index (χ0) is 11.8. The van der Waals surface area contributed by atoms with Crippen LogP contribution >= 0.6 is 0 Å². The van der Waals surface area contributed by atoms with Gasteiger partial charge >= 0.3 is 0 Å². The van der Waals surface area contributed by atoms with Gasteiger partial charge in [-0.05, 0) is 50.7 Å². The van der Waals surface area contributed by atoms with Crippen molar-refractivity contribution in [2.45, 2.75) is 39.5 Å². The minimum Gasteiger partial charge on any atom is -0.298 e. The highest BCUT2D eigenvalue weighted by Crippen LogP contribution is 2.09. The first-order valence-electron chi connectivity index (χ1n) is 5.90. The average molecular weight is 216 g/mol. The highest BCUT2D eigenvalue weighted by molar-refractivity contribution is 5.71. The molecule has 16 heavy (non-hydrogen) atoms. The molecule has 0 radical (unpaired) electrons. The summed E-state index contributed by atoms with van der Waals surface area (Å²) in [5.74, 6) is 0. The summed E-state index contributed by atoms with van der Waals surface area (Å²) < 4.78 is 0. The van der Waals surface area contributed by atoms with Crippen molar-refractivity contribution in [3.63, 3.8) is 0 Å². The maximum absolute atomic E-state index is 10.4. The van der Waals surface area contributed by atoms with Crippen molar-refractivity contribution in [1.82, 2.24) is 0 Å². The summed E-state index contributed by atoms with van der Waals surface area (Å²) in [7, 11) is 0. The fourth-order valence-electron chi connectivity index (χ4n) is 1.61. The van der Waals surface area contributed by atoms with Gasteiger partial charge in [0.2, 0.25) is 0 Å². The van der Waals surface area contributed by atoms with Gasteiger partial charge < -0.3 is 0 Å². The summed E-state index contributed by atoms with van der Waals surface area (Å²) in [5, 5.41) is 0. The van der Waals surface area contributed by atoms with Crippen LogP contribution in [0.15, 0.2) is 35.9 Å². The first kappa shape index (κ1) is 12.7. The van der Waals surface area contributed by atoms with Crippen molar-refractivity contribution >= 4 is 6.29 Å². The molecule has 86 valence electrons. The lowest BCUT2D eigenvalue weighted by Crippen LogP contribution is -1.86. The molecule has 0 saturated heterocycles. The van der Waals surface area contributed by atoms with Crippen LogP contribution in [0.2, 0.25) is 0 Å². The van der Waals surface area contributed by atoms with Crippen molar-refractivity contribution in [1.29, 1.82) is 0 Å². The molecular formula is C15H20O. The summed E-state index contributed by atoms with van der Waals surface area (Å²) in [6.07, 6.45) is 7.41. The topological polar surface area (TPSA) is 17.1 Å². The second kappa shape index (κ2) is 7.00. The Hall–Kier alpha value is -1.37. The number of unbranched alkanes of at least 4 members (excludes halogenated alkanes) is 2. The van der Waals surface area contributed by atoms with Crippen LogP contribution in [0.5, 0.6) is 0 Å². The van der Waals surface area contributed by atoms with E-state index in [4.69, 9.17) is 0 Å². The minimum absolute atomic E-state index is 0.843. The van der Waals surface area contributed by atoms with E-state index in [-0.39, 0.29) is 0 Å². The summed E-state index contributed by atoms with van der Waals surface area (Å²) in [4.78, 5) is 10.4. The highest BCUT2D eigenvalue weighted by Gasteiger charge is 1.93. The molecule has 0 aromatic heterocycles. The average Bonchev–Trinajstić information content (AvgIpc) is 2.31. The third-order valence-electron chi connectivity index (χ3n) is 2.69. The molecule has 0 amide bonds. The smallest absolute Gasteiger partial charge is 0.145 e. The van der Waals surface area contributed by atoms with Gasteiger partial charge in [0.05, 0.1) is 0 Å². The molecule has 0 aliphatic carbocycles. The quantitative estimate of drug-likeness (QED) is 0.401. The van der Waals surface area contributed by atoms with Crippen molar-refractivity contribution < 1.29 is 4.79 Å². The van der Waals surface area contributed by atoms with Crippen molar-refractivity contribution in [2.75, 3.05) is 0 Å². The predicted octanol–water partition coefficient (Wildman–Crippen LogP) is 3.85. The van der Waals surface area contributed by atoms with Crippen molar-refractivity contribution in [3.8, 4) is 0 Å². The first-order valence-corrected chi connectivity index (χ1v) is 5.90. The van der Waals surface area contributed by atoms with E-state index in [0.717, 1.165) is 31.1 Å². The van der Waals surface area contributed by atoms with Gasteiger partial charge in [0.1, 0.15) is 6.29 Å². The molecule has 1 rings (SSSR count). The molecule has 0 unspecified atom stereocenters. The molecular weight excluding hydrogens is 196 g/mol. The van der Waals surface area contributed by atoms with Gasteiger partial charge in [0, 0.05) is 0 Å². The maximum atomic E-state index is 10.4. The van der Waals surface area contributed by atoms with Crippen LogP contribution in [0.1, 0.15) is 37.3 Å². The van der Waals surface area contributed by atoms with E-state index < -0.39 is 0 Å². The van der Waals surface area contributed by atoms with E-state index in [0.29, 0.717) is 0 Å². The Labute approximate surface area is 98.2 Å². The Balaban J connectivity index is 2.21. The van der Waals surface area contributed by atoms with Crippen molar-refractivity contribution in [2.24, 2.45) is 0 Å². The fourth-order valence-corrected chi connectivity index (χ4v) is 1.61. The fraction of sp³-hybridized carbons (Fsp3) is 0.400. The zero-order valence-electron chi connectivity index (χ0n) is 10.2. The normalized spacial score (nSPS) is 11.5. The number of aryl methyl sites for hydroxylation is 2. The van der Waals surface area contributed by atoms with Crippen LogP contribution in [0.25, 0.3) is 0 Å². The molecule has 0 spiro atoms. The Morgan fingerprint density at radius 2 is 1.88 bits per heavy atom. The van der Waals surface area contributed by atoms with Gasteiger partial charge in [-0.2, -0.15) is 0 Å². The molecule has 1 heteroatoms. The number of hydrogen-bond donors (Lipinski definition) is 0. The SMILES string of the molecule is C/C(C=O)=C\CCCCc1ccc(C)cc1. The standard InChI is InChI=1S/C15H20O/c1-13-8-10-15(11-9-13)7-5-3-4-6-14(2)12-16/h6,8-12H,3-5,7H2,1-2H3/b14-6+. The Morgan fingerprint density at radius 1 is 1.19 bits per heavy atom. The maximum Gasteiger partial charge on any atom is 0.145 e. The highest BCUT2D eigenvalue weighted by atomic mass is 16.1. The Bertz CT molecular complexity index is 346. The molecule has 0 aliphatic rings. The molecule has 0 fully saturated rings. The molecule has 1 nitrogen and oxygen atoms in total. The van der Waals surface area contributed by atoms with Gasteiger partial charge in [-0.1, -0.05) is 35.9 Å². The van der Waals surface area contributed by atoms with Gasteiger partial charge in [-0.3, -0.25) is 4.79 Å². The van der Waals surface area contributed by atoms with E-state index in [1.165, 1.54) is 17.5 Å². The van der Waals surface area contributed by atoms with E-state index >= 15 is 0 Å². The number of aldehydes is 1. The van der Waals surface area contributed by atoms with Crippen LogP contribution in [-0.2, 0) is 11.2 Å². The largest absolute Gasteiger partial charge is 0.298 e. The number of benzene rings is 1. The number of rotatable bonds is 6. The molecule has 0 N–H and O–H groups in total. The van der Waals surface area contributed by atoms with Gasteiger partial charge in [-0.15, -0.1) is 0 Å². The van der Waals surface area contributed by atoms with Crippen molar-refractivity contribution in [3.05, 3.63) is 47.0 Å². The second-order valence-corrected chi connectivity index (χ2v) is 4.30. The molecule has 0 atom stereocenters. The second-order valence-electron chi connectivity index (χ2n) is 4.30. The molecule has 0 heterocycles. The van der Waals surface area contributed by atoms with Crippen LogP contribution < -0.4 is 0 Å². The Kier molecular flexibility index (Phi) is 5.55. The molecule has 0 aliphatic heterocycles. The lowest BCUT2D eigenvalue weighted by atomic mass is 10.1. The molecule has 1 aromatic carbocycles. The van der Waals surface area contributed by atoms with Crippen LogP contribution in [0, 0.1) is 6.92 Å². The third kappa shape index (κ3) is 4.92. The first-order chi connectivity index (χ1) is 7.72. The summed E-state index contributed by atoms with van der Waals surface area (Å²) in [6, 6.07) is 8.71. The lowest BCUT2D eigenvalue weighted by molar-refractivity contribution is -0.104. The van der Waals surface area contributed by atoms with E-state index in [1.54, 1.807) is 0 Å². The summed E-state index contributed by atoms with van der Waals surface area (Å²) in [5.41, 5.74) is 3.56. The van der Waals surface area contributed by atoms with E-state index in [1.807, 2.05) is 13.0 Å². The van der Waals surface area contributed by atoms with Gasteiger partial charge in [0.25, 0.3) is 0 Å². The van der Waals surface area contributed by atoms with Crippen LogP contribution in [-0.4, -0.2) is 6.29 Å². The number of allylic oxidation sites excluding steroid dienone is 2. The number of carbonyl (C=O) groups excluding carboxylic acids is 1. The van der Waals surface area contributed by atoms with Gasteiger partial charge in [0.15, 0.2) is 0 Å². The number of hydrogen-bond acceptors (Lipinski definition) is 1. The summed E-state index contributed by atoms with van der Waals surface area (Å²) >= 11 is 0. The summed E-state index contributed by atoms with van der Waals surface area (Å²) in [6.45, 7) is 3.96. The molecule has 1 aromatic rings.